The molecule has 0 saturated heterocycles. The van der Waals surface area contributed by atoms with Gasteiger partial charge in [0.05, 0.1) is 6.33 Å². The Morgan fingerprint density at radius 2 is 1.89 bits per heavy atom. The Balaban J connectivity index is 0.000000200. The Kier molecular flexibility index (Phi) is 5.24. The number of nitrogens with two attached hydrogens (primary N) is 1. The number of aliphatic hydroxyl groups excluding tert-OH is 1. The maximum atomic E-state index is 10.2. The predicted octanol–water partition coefficient (Wildman–Crippen LogP) is 0.313. The molecule has 5 N–H and O–H groups in total. The molecule has 1 aromatic heterocycles. The van der Waals surface area contributed by atoms with Crippen LogP contribution < -0.4 is 5.73 Å². The van der Waals surface area contributed by atoms with Crippen molar-refractivity contribution in [3.05, 3.63) is 54.1 Å². The molecule has 0 aliphatic rings. The van der Waals surface area contributed by atoms with E-state index in [2.05, 4.69) is 9.97 Å². The molecular formula is C12H13N3O4. The summed E-state index contributed by atoms with van der Waals surface area (Å²) in [4.78, 5) is 26.6. The number of benzene rings is 1. The molecule has 0 aliphatic heterocycles. The van der Waals surface area contributed by atoms with Gasteiger partial charge in [-0.3, -0.25) is 4.79 Å². The highest BCUT2D eigenvalue weighted by Crippen LogP contribution is 2.10. The molecule has 100 valence electrons. The van der Waals surface area contributed by atoms with Gasteiger partial charge >= 0.3 is 5.97 Å². The smallest absolute Gasteiger partial charge is 0.337 e. The molecule has 0 aliphatic carbocycles. The van der Waals surface area contributed by atoms with E-state index in [1.54, 1.807) is 30.3 Å². The normalized spacial score (nSPS) is 11.0. The van der Waals surface area contributed by atoms with E-state index in [1.165, 1.54) is 12.5 Å². The second kappa shape index (κ2) is 6.92. The number of hydrogen-bond donors (Lipinski definition) is 4. The number of carboxylic acids is 1. The summed E-state index contributed by atoms with van der Waals surface area (Å²) in [5.74, 6) is -1.73. The number of aliphatic carboxylic acids is 1. The van der Waals surface area contributed by atoms with Crippen molar-refractivity contribution >= 4 is 11.9 Å². The lowest BCUT2D eigenvalue weighted by Crippen LogP contribution is -2.10. The summed E-state index contributed by atoms with van der Waals surface area (Å²) < 4.78 is 0. The minimum absolute atomic E-state index is 0.269. The van der Waals surface area contributed by atoms with Crippen molar-refractivity contribution in [2.24, 2.45) is 5.73 Å². The van der Waals surface area contributed by atoms with Crippen molar-refractivity contribution in [2.45, 2.75) is 6.10 Å². The van der Waals surface area contributed by atoms with Crippen LogP contribution in [0.4, 0.5) is 0 Å². The predicted molar refractivity (Wildman–Crippen MR) is 66.1 cm³/mol. The van der Waals surface area contributed by atoms with Crippen LogP contribution in [0.1, 0.15) is 22.2 Å². The number of nitrogens with one attached hydrogen (secondary N) is 1. The average Bonchev–Trinajstić information content (AvgIpc) is 2.93. The summed E-state index contributed by atoms with van der Waals surface area (Å²) in [6, 6.07) is 8.26. The van der Waals surface area contributed by atoms with Gasteiger partial charge < -0.3 is 20.9 Å². The van der Waals surface area contributed by atoms with Crippen LogP contribution in [0.3, 0.4) is 0 Å². The van der Waals surface area contributed by atoms with Crippen LogP contribution in [0.5, 0.6) is 0 Å². The third kappa shape index (κ3) is 4.60. The lowest BCUT2D eigenvalue weighted by atomic mass is 10.1. The summed E-state index contributed by atoms with van der Waals surface area (Å²) in [5, 5.41) is 17.4. The summed E-state index contributed by atoms with van der Waals surface area (Å²) in [5.41, 5.74) is 5.51. The number of amides is 1. The van der Waals surface area contributed by atoms with Crippen LogP contribution in [0.25, 0.3) is 0 Å². The number of aromatic amines is 1. The van der Waals surface area contributed by atoms with Gasteiger partial charge in [-0.15, -0.1) is 0 Å². The number of hydrogen-bond acceptors (Lipinski definition) is 4. The second-order valence-electron chi connectivity index (χ2n) is 3.47. The van der Waals surface area contributed by atoms with Crippen LogP contribution >= 0.6 is 0 Å². The molecule has 19 heavy (non-hydrogen) atoms. The SMILES string of the molecule is NC(=O)c1c[nH]cn1.O=C(O)[C@@H](O)c1ccccc1. The van der Waals surface area contributed by atoms with Gasteiger partial charge in [-0.25, -0.2) is 9.78 Å². The number of imidazole rings is 1. The molecule has 2 rings (SSSR count). The third-order valence-corrected chi connectivity index (χ3v) is 2.10. The lowest BCUT2D eigenvalue weighted by molar-refractivity contribution is -0.146. The fraction of sp³-hybridized carbons (Fsp3) is 0.0833. The average molecular weight is 263 g/mol. The molecule has 0 saturated carbocycles. The summed E-state index contributed by atoms with van der Waals surface area (Å²) in [7, 11) is 0. The summed E-state index contributed by atoms with van der Waals surface area (Å²) >= 11 is 0. The molecule has 7 nitrogen and oxygen atoms in total. The van der Waals surface area contributed by atoms with E-state index in [0.717, 1.165) is 0 Å². The van der Waals surface area contributed by atoms with E-state index in [4.69, 9.17) is 15.9 Å². The zero-order valence-electron chi connectivity index (χ0n) is 9.85. The Labute approximate surface area is 108 Å². The van der Waals surface area contributed by atoms with Gasteiger partial charge in [0.2, 0.25) is 0 Å². The molecule has 0 spiro atoms. The van der Waals surface area contributed by atoms with Gasteiger partial charge in [0.1, 0.15) is 5.69 Å². The molecular weight excluding hydrogens is 250 g/mol. The van der Waals surface area contributed by atoms with E-state index in [0.29, 0.717) is 5.56 Å². The van der Waals surface area contributed by atoms with Crippen LogP contribution in [-0.2, 0) is 4.79 Å². The maximum Gasteiger partial charge on any atom is 0.337 e. The number of carbonyl (C=O) groups excluding carboxylic acids is 1. The largest absolute Gasteiger partial charge is 0.479 e. The molecule has 7 heteroatoms. The lowest BCUT2D eigenvalue weighted by Gasteiger charge is -2.03. The summed E-state index contributed by atoms with van der Waals surface area (Å²) in [6.07, 6.45) is 1.44. The topological polar surface area (TPSA) is 129 Å². The Bertz CT molecular complexity index is 525. The zero-order chi connectivity index (χ0) is 14.3. The Morgan fingerprint density at radius 1 is 1.26 bits per heavy atom. The van der Waals surface area contributed by atoms with E-state index in [1.807, 2.05) is 0 Å². The quantitative estimate of drug-likeness (QED) is 0.633. The van der Waals surface area contributed by atoms with Crippen molar-refractivity contribution in [1.29, 1.82) is 0 Å². The van der Waals surface area contributed by atoms with E-state index >= 15 is 0 Å². The first kappa shape index (κ1) is 14.4. The van der Waals surface area contributed by atoms with Gasteiger partial charge in [-0.2, -0.15) is 0 Å². The first-order valence-electron chi connectivity index (χ1n) is 5.26. The van der Waals surface area contributed by atoms with Crippen LogP contribution in [0.2, 0.25) is 0 Å². The molecule has 0 fully saturated rings. The number of rotatable bonds is 3. The first-order valence-corrected chi connectivity index (χ1v) is 5.26. The number of aliphatic hydroxyl groups is 1. The van der Waals surface area contributed by atoms with Crippen LogP contribution in [0, 0.1) is 0 Å². The standard InChI is InChI=1S/C8H8O3.C4H5N3O/c9-7(8(10)11)6-4-2-1-3-5-6;5-4(8)3-1-6-2-7-3/h1-5,7,9H,(H,10,11);1-2H,(H2,5,8)(H,6,7)/t7-;/m0./s1. The third-order valence-electron chi connectivity index (χ3n) is 2.10. The van der Waals surface area contributed by atoms with Crippen LogP contribution in [0.15, 0.2) is 42.9 Å². The summed E-state index contributed by atoms with van der Waals surface area (Å²) in [6.45, 7) is 0. The highest BCUT2D eigenvalue weighted by atomic mass is 16.4. The zero-order valence-corrected chi connectivity index (χ0v) is 9.85. The van der Waals surface area contributed by atoms with E-state index < -0.39 is 18.0 Å². The van der Waals surface area contributed by atoms with Crippen molar-refractivity contribution in [3.8, 4) is 0 Å². The Morgan fingerprint density at radius 3 is 2.26 bits per heavy atom. The van der Waals surface area contributed by atoms with Crippen LogP contribution in [-0.4, -0.2) is 32.1 Å². The van der Waals surface area contributed by atoms with Gasteiger partial charge in [0.25, 0.3) is 5.91 Å². The highest BCUT2D eigenvalue weighted by Gasteiger charge is 2.14. The van der Waals surface area contributed by atoms with Crippen molar-refractivity contribution in [2.75, 3.05) is 0 Å². The molecule has 1 amide bonds. The first-order chi connectivity index (χ1) is 9.02. The molecule has 0 radical (unpaired) electrons. The fourth-order valence-electron chi connectivity index (χ4n) is 1.17. The van der Waals surface area contributed by atoms with Crippen molar-refractivity contribution in [3.63, 3.8) is 0 Å². The molecule has 0 bridgehead atoms. The van der Waals surface area contributed by atoms with Gasteiger partial charge in [0, 0.05) is 6.20 Å². The minimum Gasteiger partial charge on any atom is -0.479 e. The molecule has 1 atom stereocenters. The molecule has 1 aromatic carbocycles. The highest BCUT2D eigenvalue weighted by molar-refractivity contribution is 5.90. The van der Waals surface area contributed by atoms with E-state index in [-0.39, 0.29) is 5.69 Å². The maximum absolute atomic E-state index is 10.2. The van der Waals surface area contributed by atoms with Gasteiger partial charge in [0.15, 0.2) is 6.10 Å². The number of H-pyrrole nitrogens is 1. The minimum atomic E-state index is -1.41. The molecule has 2 aromatic rings. The number of carboxylic acid groups (broad SMARTS) is 1. The fourth-order valence-corrected chi connectivity index (χ4v) is 1.17. The number of nitrogens with zero attached hydrogens (tertiary/aromatic N) is 1. The van der Waals surface area contributed by atoms with E-state index in [9.17, 15) is 9.59 Å². The molecule has 0 unspecified atom stereocenters. The number of primary amides is 1. The van der Waals surface area contributed by atoms with Crippen molar-refractivity contribution in [1.82, 2.24) is 9.97 Å². The van der Waals surface area contributed by atoms with Crippen molar-refractivity contribution < 1.29 is 19.8 Å². The Hall–Kier alpha value is -2.67. The number of aromatic nitrogens is 2. The number of carbonyl (C=O) groups is 2. The van der Waals surface area contributed by atoms with Gasteiger partial charge in [-0.1, -0.05) is 30.3 Å². The molecule has 1 heterocycles. The monoisotopic (exact) mass is 263 g/mol. The second-order valence-corrected chi connectivity index (χ2v) is 3.47. The van der Waals surface area contributed by atoms with Gasteiger partial charge in [-0.05, 0) is 5.56 Å².